The van der Waals surface area contributed by atoms with Gasteiger partial charge in [0.2, 0.25) is 0 Å². The third kappa shape index (κ3) is 4.42. The average Bonchev–Trinajstić information content (AvgIpc) is 2.65. The quantitative estimate of drug-likeness (QED) is 0.365. The molecular formula is C21H32N6O. The van der Waals surface area contributed by atoms with E-state index in [0.29, 0.717) is 12.1 Å². The highest BCUT2D eigenvalue weighted by Crippen LogP contribution is 2.32. The Morgan fingerprint density at radius 3 is 2.82 bits per heavy atom. The highest BCUT2D eigenvalue weighted by Gasteiger charge is 2.28. The van der Waals surface area contributed by atoms with Crippen molar-refractivity contribution in [1.82, 2.24) is 5.32 Å². The summed E-state index contributed by atoms with van der Waals surface area (Å²) < 4.78 is 5.23. The number of rotatable bonds is 9. The Labute approximate surface area is 167 Å². The van der Waals surface area contributed by atoms with E-state index in [2.05, 4.69) is 39.5 Å². The molecule has 1 aromatic carbocycles. The van der Waals surface area contributed by atoms with Crippen molar-refractivity contribution < 1.29 is 4.74 Å². The number of nitrogens with one attached hydrogen (secondary N) is 5. The summed E-state index contributed by atoms with van der Waals surface area (Å²) in [5.41, 5.74) is 9.83. The van der Waals surface area contributed by atoms with Crippen LogP contribution in [-0.2, 0) is 4.74 Å². The van der Waals surface area contributed by atoms with Gasteiger partial charge >= 0.3 is 0 Å². The number of ether oxygens (including phenoxy) is 1. The van der Waals surface area contributed by atoms with Crippen LogP contribution in [0.1, 0.15) is 25.7 Å². The summed E-state index contributed by atoms with van der Waals surface area (Å²) in [6.45, 7) is 3.10. The van der Waals surface area contributed by atoms with Gasteiger partial charge < -0.3 is 37.1 Å². The molecule has 1 aromatic rings. The molecule has 2 fully saturated rings. The van der Waals surface area contributed by atoms with Crippen LogP contribution in [0.4, 0.5) is 17.1 Å². The summed E-state index contributed by atoms with van der Waals surface area (Å²) in [7, 11) is 0. The molecule has 7 nitrogen and oxygen atoms in total. The van der Waals surface area contributed by atoms with Crippen LogP contribution in [0.25, 0.3) is 0 Å². The van der Waals surface area contributed by atoms with Crippen LogP contribution >= 0.6 is 0 Å². The highest BCUT2D eigenvalue weighted by molar-refractivity contribution is 5.83. The van der Waals surface area contributed by atoms with E-state index in [-0.39, 0.29) is 6.04 Å². The van der Waals surface area contributed by atoms with Gasteiger partial charge in [-0.15, -0.1) is 0 Å². The number of fused-ring (bicyclic) bond motifs is 1. The summed E-state index contributed by atoms with van der Waals surface area (Å²) in [6.07, 6.45) is 8.26. The van der Waals surface area contributed by atoms with Crippen molar-refractivity contribution in [2.24, 2.45) is 11.7 Å². The molecule has 2 heterocycles. The van der Waals surface area contributed by atoms with Crippen molar-refractivity contribution in [3.8, 4) is 0 Å². The van der Waals surface area contributed by atoms with Crippen molar-refractivity contribution in [1.29, 1.82) is 5.41 Å². The van der Waals surface area contributed by atoms with Crippen LogP contribution in [0.2, 0.25) is 0 Å². The fourth-order valence-electron chi connectivity index (χ4n) is 4.09. The van der Waals surface area contributed by atoms with Crippen molar-refractivity contribution in [3.05, 3.63) is 30.0 Å². The van der Waals surface area contributed by atoms with Crippen molar-refractivity contribution in [2.45, 2.75) is 43.8 Å². The normalized spacial score (nSPS) is 26.8. The van der Waals surface area contributed by atoms with Crippen LogP contribution < -0.4 is 27.0 Å². The fourth-order valence-corrected chi connectivity index (χ4v) is 4.09. The number of hydrogen-bond acceptors (Lipinski definition) is 7. The van der Waals surface area contributed by atoms with E-state index in [0.717, 1.165) is 61.3 Å². The van der Waals surface area contributed by atoms with Gasteiger partial charge in [-0.05, 0) is 56.3 Å². The van der Waals surface area contributed by atoms with Crippen LogP contribution in [0.3, 0.4) is 0 Å². The molecule has 28 heavy (non-hydrogen) atoms. The zero-order valence-electron chi connectivity index (χ0n) is 16.3. The van der Waals surface area contributed by atoms with Gasteiger partial charge in [0.1, 0.15) is 0 Å². The summed E-state index contributed by atoms with van der Waals surface area (Å²) in [5, 5.41) is 21.9. The van der Waals surface area contributed by atoms with Crippen LogP contribution in [0.15, 0.2) is 30.0 Å². The maximum absolute atomic E-state index is 7.86. The molecule has 7 N–H and O–H groups in total. The first-order valence-electron chi connectivity index (χ1n) is 10.4. The molecule has 152 valence electrons. The molecule has 2 aliphatic heterocycles. The Hall–Kier alpha value is -2.25. The van der Waals surface area contributed by atoms with E-state index in [9.17, 15) is 0 Å². The van der Waals surface area contributed by atoms with Gasteiger partial charge in [-0.1, -0.05) is 0 Å². The van der Waals surface area contributed by atoms with Gasteiger partial charge in [0.15, 0.2) is 0 Å². The van der Waals surface area contributed by atoms with E-state index >= 15 is 0 Å². The molecular weight excluding hydrogens is 352 g/mol. The number of hydrogen-bond donors (Lipinski definition) is 6. The highest BCUT2D eigenvalue weighted by atomic mass is 16.5. The van der Waals surface area contributed by atoms with Gasteiger partial charge in [-0.3, -0.25) is 0 Å². The largest absolute Gasteiger partial charge is 0.388 e. The van der Waals surface area contributed by atoms with E-state index in [1.54, 1.807) is 0 Å². The van der Waals surface area contributed by atoms with E-state index < -0.39 is 0 Å². The molecule has 3 aliphatic rings. The van der Waals surface area contributed by atoms with Gasteiger partial charge in [-0.2, -0.15) is 0 Å². The SMILES string of the molecule is N=C/C(=C\NC1CC(CCCN)C1)C1CNc2ccc(NC3COC3)cc2N1. The summed E-state index contributed by atoms with van der Waals surface area (Å²) in [6, 6.07) is 7.34. The van der Waals surface area contributed by atoms with Gasteiger partial charge in [0.05, 0.1) is 36.7 Å². The molecule has 0 amide bonds. The van der Waals surface area contributed by atoms with Gasteiger partial charge in [0, 0.05) is 36.3 Å². The fraction of sp³-hybridized carbons (Fsp3) is 0.571. The number of nitrogens with two attached hydrogens (primary N) is 1. The maximum Gasteiger partial charge on any atom is 0.0728 e. The molecule has 1 atom stereocenters. The monoisotopic (exact) mass is 384 g/mol. The predicted octanol–water partition coefficient (Wildman–Crippen LogP) is 2.34. The van der Waals surface area contributed by atoms with Gasteiger partial charge in [-0.25, -0.2) is 0 Å². The van der Waals surface area contributed by atoms with E-state index in [1.165, 1.54) is 25.5 Å². The molecule has 0 radical (unpaired) electrons. The predicted molar refractivity (Wildman–Crippen MR) is 115 cm³/mol. The summed E-state index contributed by atoms with van der Waals surface area (Å²) in [4.78, 5) is 0. The second kappa shape index (κ2) is 8.84. The minimum Gasteiger partial charge on any atom is -0.388 e. The first-order valence-corrected chi connectivity index (χ1v) is 10.4. The Morgan fingerprint density at radius 2 is 2.11 bits per heavy atom. The number of anilines is 3. The Bertz CT molecular complexity index is 711. The summed E-state index contributed by atoms with van der Waals surface area (Å²) >= 11 is 0. The first-order chi connectivity index (χ1) is 13.7. The van der Waals surface area contributed by atoms with E-state index in [4.69, 9.17) is 15.9 Å². The van der Waals surface area contributed by atoms with Crippen LogP contribution in [0.5, 0.6) is 0 Å². The maximum atomic E-state index is 7.86. The lowest BCUT2D eigenvalue weighted by atomic mass is 9.77. The molecule has 1 saturated heterocycles. The van der Waals surface area contributed by atoms with Crippen molar-refractivity contribution in [3.63, 3.8) is 0 Å². The average molecular weight is 385 g/mol. The standard InChI is InChI=1S/C21H32N6O/c22-5-1-2-14-6-17(7-14)24-10-15(9-23)21-11-25-19-4-3-16(8-20(19)27-21)26-18-12-28-13-18/h3-4,8-10,14,17-18,21,23-27H,1-2,5-7,11-13,22H2/b15-10+,23-9?. The lowest BCUT2D eigenvalue weighted by Gasteiger charge is -2.36. The summed E-state index contributed by atoms with van der Waals surface area (Å²) in [5.74, 6) is 0.811. The first kappa shape index (κ1) is 19.1. The Kier molecular flexibility index (Phi) is 6.02. The molecule has 1 aliphatic carbocycles. The van der Waals surface area contributed by atoms with Crippen molar-refractivity contribution >= 4 is 23.3 Å². The zero-order valence-corrected chi connectivity index (χ0v) is 16.3. The zero-order chi connectivity index (χ0) is 19.3. The van der Waals surface area contributed by atoms with Crippen molar-refractivity contribution in [2.75, 3.05) is 42.3 Å². The molecule has 0 bridgehead atoms. The Balaban J connectivity index is 1.32. The van der Waals surface area contributed by atoms with Crippen LogP contribution in [-0.4, -0.2) is 50.6 Å². The number of benzene rings is 1. The molecule has 7 heteroatoms. The lowest BCUT2D eigenvalue weighted by molar-refractivity contribution is 0.0211. The second-order valence-electron chi connectivity index (χ2n) is 8.14. The van der Waals surface area contributed by atoms with Gasteiger partial charge in [0.25, 0.3) is 0 Å². The molecule has 1 saturated carbocycles. The van der Waals surface area contributed by atoms with Crippen LogP contribution in [0, 0.1) is 11.3 Å². The lowest BCUT2D eigenvalue weighted by Crippen LogP contribution is -2.41. The minimum atomic E-state index is 0.0768. The minimum absolute atomic E-state index is 0.0768. The smallest absolute Gasteiger partial charge is 0.0728 e. The van der Waals surface area contributed by atoms with E-state index in [1.807, 2.05) is 6.20 Å². The molecule has 4 rings (SSSR count). The molecule has 0 aromatic heterocycles. The topological polar surface area (TPSA) is 107 Å². The third-order valence-corrected chi connectivity index (χ3v) is 5.96. The molecule has 0 spiro atoms. The second-order valence-corrected chi connectivity index (χ2v) is 8.14. The third-order valence-electron chi connectivity index (χ3n) is 5.96. The molecule has 1 unspecified atom stereocenters. The Morgan fingerprint density at radius 1 is 1.25 bits per heavy atom.